The molecule has 1 N–H and O–H groups in total. The summed E-state index contributed by atoms with van der Waals surface area (Å²) in [6.45, 7) is 6.36. The lowest BCUT2D eigenvalue weighted by Gasteiger charge is -2.06. The Morgan fingerprint density at radius 2 is 2.21 bits per heavy atom. The zero-order valence-electron chi connectivity index (χ0n) is 13.6. The number of nitrogens with zero attached hydrogens (tertiary/aromatic N) is 4. The summed E-state index contributed by atoms with van der Waals surface area (Å²) >= 11 is 1.31. The lowest BCUT2D eigenvalue weighted by Crippen LogP contribution is -2.14. The molecule has 9 heteroatoms. The standard InChI is InChI=1S/C15H17N5O3S/c1-4-20-14(11-5-6-22-10(11)3)17-18-15(20)24-8-12(21)16-13-7-9(2)19-23-13/h5-7H,4,8H2,1-3H3,(H,16,21). The predicted molar refractivity (Wildman–Crippen MR) is 88.7 cm³/mol. The molecule has 0 saturated heterocycles. The molecule has 0 spiro atoms. The Labute approximate surface area is 142 Å². The summed E-state index contributed by atoms with van der Waals surface area (Å²) in [7, 11) is 0. The maximum atomic E-state index is 12.0. The van der Waals surface area contributed by atoms with Crippen molar-refractivity contribution in [1.82, 2.24) is 19.9 Å². The van der Waals surface area contributed by atoms with Gasteiger partial charge in [-0.15, -0.1) is 10.2 Å². The van der Waals surface area contributed by atoms with Crippen molar-refractivity contribution >= 4 is 23.6 Å². The molecule has 126 valence electrons. The normalized spacial score (nSPS) is 11.0. The molecule has 0 aliphatic heterocycles. The average Bonchev–Trinajstić information content (AvgIpc) is 3.25. The third-order valence-electron chi connectivity index (χ3n) is 3.36. The number of aromatic nitrogens is 4. The van der Waals surface area contributed by atoms with Crippen LogP contribution in [0.1, 0.15) is 18.4 Å². The predicted octanol–water partition coefficient (Wildman–Crippen LogP) is 2.89. The van der Waals surface area contributed by atoms with Gasteiger partial charge in [-0.25, -0.2) is 0 Å². The Bertz CT molecular complexity index is 851. The van der Waals surface area contributed by atoms with Gasteiger partial charge in [-0.1, -0.05) is 16.9 Å². The van der Waals surface area contributed by atoms with Crippen LogP contribution in [0.15, 0.2) is 32.5 Å². The van der Waals surface area contributed by atoms with Crippen LogP contribution in [-0.4, -0.2) is 31.6 Å². The molecule has 24 heavy (non-hydrogen) atoms. The zero-order chi connectivity index (χ0) is 17.1. The van der Waals surface area contributed by atoms with E-state index in [1.54, 1.807) is 19.3 Å². The molecule has 0 radical (unpaired) electrons. The minimum absolute atomic E-state index is 0.192. The first-order chi connectivity index (χ1) is 11.6. The Morgan fingerprint density at radius 1 is 1.38 bits per heavy atom. The van der Waals surface area contributed by atoms with Crippen molar-refractivity contribution in [3.8, 4) is 11.4 Å². The highest BCUT2D eigenvalue weighted by Gasteiger charge is 2.17. The van der Waals surface area contributed by atoms with E-state index < -0.39 is 0 Å². The van der Waals surface area contributed by atoms with Crippen LogP contribution in [-0.2, 0) is 11.3 Å². The molecular weight excluding hydrogens is 330 g/mol. The van der Waals surface area contributed by atoms with Crippen molar-refractivity contribution < 1.29 is 13.7 Å². The summed E-state index contributed by atoms with van der Waals surface area (Å²) in [6.07, 6.45) is 1.62. The number of anilines is 1. The van der Waals surface area contributed by atoms with Crippen LogP contribution in [0.2, 0.25) is 0 Å². The highest BCUT2D eigenvalue weighted by Crippen LogP contribution is 2.27. The second-order valence-electron chi connectivity index (χ2n) is 5.11. The van der Waals surface area contributed by atoms with E-state index in [9.17, 15) is 4.79 Å². The fraction of sp³-hybridized carbons (Fsp3) is 0.333. The van der Waals surface area contributed by atoms with Gasteiger partial charge in [0.2, 0.25) is 11.8 Å². The van der Waals surface area contributed by atoms with Crippen LogP contribution < -0.4 is 5.32 Å². The first kappa shape index (κ1) is 16.3. The molecular formula is C15H17N5O3S. The SMILES string of the molecule is CCn1c(SCC(=O)Nc2cc(C)no2)nnc1-c1ccoc1C. The maximum absolute atomic E-state index is 12.0. The maximum Gasteiger partial charge on any atom is 0.237 e. The first-order valence-electron chi connectivity index (χ1n) is 7.42. The second-order valence-corrected chi connectivity index (χ2v) is 6.05. The van der Waals surface area contributed by atoms with Crippen LogP contribution >= 0.6 is 11.8 Å². The Balaban J connectivity index is 1.68. The number of rotatable bonds is 6. The van der Waals surface area contributed by atoms with Crippen molar-refractivity contribution in [1.29, 1.82) is 0 Å². The molecule has 1 amide bonds. The topological polar surface area (TPSA) is 99.0 Å². The molecule has 0 aliphatic rings. The van der Waals surface area contributed by atoms with Crippen molar-refractivity contribution in [2.75, 3.05) is 11.1 Å². The van der Waals surface area contributed by atoms with Gasteiger partial charge in [0.1, 0.15) is 5.76 Å². The molecule has 3 rings (SSSR count). The van der Waals surface area contributed by atoms with Crippen LogP contribution in [0.4, 0.5) is 5.88 Å². The molecule has 0 bridgehead atoms. The van der Waals surface area contributed by atoms with Gasteiger partial charge >= 0.3 is 0 Å². The van der Waals surface area contributed by atoms with Gasteiger partial charge in [-0.05, 0) is 26.8 Å². The number of furan rings is 1. The van der Waals surface area contributed by atoms with E-state index in [4.69, 9.17) is 8.94 Å². The van der Waals surface area contributed by atoms with E-state index in [0.717, 1.165) is 17.1 Å². The lowest BCUT2D eigenvalue weighted by molar-refractivity contribution is -0.113. The molecule has 3 aromatic heterocycles. The summed E-state index contributed by atoms with van der Waals surface area (Å²) in [5.41, 5.74) is 1.61. The van der Waals surface area contributed by atoms with Crippen LogP contribution in [0, 0.1) is 13.8 Å². The molecule has 0 atom stereocenters. The summed E-state index contributed by atoms with van der Waals surface area (Å²) in [5.74, 6) is 1.86. The minimum atomic E-state index is -0.192. The number of hydrogen-bond donors (Lipinski definition) is 1. The van der Waals surface area contributed by atoms with Crippen molar-refractivity contribution in [3.63, 3.8) is 0 Å². The van der Waals surface area contributed by atoms with Gasteiger partial charge in [0, 0.05) is 12.6 Å². The molecule has 0 aliphatic carbocycles. The number of amides is 1. The third kappa shape index (κ3) is 3.35. The van der Waals surface area contributed by atoms with E-state index >= 15 is 0 Å². The van der Waals surface area contributed by atoms with Gasteiger partial charge in [0.25, 0.3) is 0 Å². The van der Waals surface area contributed by atoms with Gasteiger partial charge in [0.15, 0.2) is 11.0 Å². The summed E-state index contributed by atoms with van der Waals surface area (Å²) < 4.78 is 12.2. The smallest absolute Gasteiger partial charge is 0.237 e. The average molecular weight is 347 g/mol. The minimum Gasteiger partial charge on any atom is -0.469 e. The van der Waals surface area contributed by atoms with Crippen molar-refractivity contribution in [3.05, 3.63) is 29.9 Å². The fourth-order valence-corrected chi connectivity index (χ4v) is 3.03. The van der Waals surface area contributed by atoms with Crippen LogP contribution in [0.25, 0.3) is 11.4 Å². The molecule has 0 aromatic carbocycles. The van der Waals surface area contributed by atoms with Crippen LogP contribution in [0.5, 0.6) is 0 Å². The van der Waals surface area contributed by atoms with Crippen LogP contribution in [0.3, 0.4) is 0 Å². The van der Waals surface area contributed by atoms with Crippen molar-refractivity contribution in [2.24, 2.45) is 0 Å². The molecule has 3 aromatic rings. The monoisotopic (exact) mass is 347 g/mol. The number of nitrogens with one attached hydrogen (secondary N) is 1. The van der Waals surface area contributed by atoms with Gasteiger partial charge in [-0.2, -0.15) is 0 Å². The first-order valence-corrected chi connectivity index (χ1v) is 8.40. The van der Waals surface area contributed by atoms with E-state index in [-0.39, 0.29) is 11.7 Å². The lowest BCUT2D eigenvalue weighted by atomic mass is 10.2. The largest absolute Gasteiger partial charge is 0.469 e. The summed E-state index contributed by atoms with van der Waals surface area (Å²) in [4.78, 5) is 12.0. The molecule has 3 heterocycles. The highest BCUT2D eigenvalue weighted by atomic mass is 32.2. The van der Waals surface area contributed by atoms with Gasteiger partial charge < -0.3 is 13.5 Å². The van der Waals surface area contributed by atoms with Gasteiger partial charge in [-0.3, -0.25) is 10.1 Å². The third-order valence-corrected chi connectivity index (χ3v) is 4.32. The molecule has 8 nitrogen and oxygen atoms in total. The fourth-order valence-electron chi connectivity index (χ4n) is 2.22. The molecule has 0 saturated carbocycles. The number of carbonyl (C=O) groups is 1. The van der Waals surface area contributed by atoms with E-state index in [1.165, 1.54) is 11.8 Å². The number of aryl methyl sites for hydroxylation is 2. The van der Waals surface area contributed by atoms with Crippen molar-refractivity contribution in [2.45, 2.75) is 32.5 Å². The number of hydrogen-bond acceptors (Lipinski definition) is 7. The van der Waals surface area contributed by atoms with E-state index in [0.29, 0.717) is 23.3 Å². The quantitative estimate of drug-likeness (QED) is 0.684. The zero-order valence-corrected chi connectivity index (χ0v) is 14.4. The van der Waals surface area contributed by atoms with Gasteiger partial charge in [0.05, 0.1) is 23.3 Å². The molecule has 0 fully saturated rings. The Hall–Kier alpha value is -2.55. The summed E-state index contributed by atoms with van der Waals surface area (Å²) in [5, 5.41) is 15.5. The second kappa shape index (κ2) is 6.91. The van der Waals surface area contributed by atoms with E-state index in [1.807, 2.05) is 24.5 Å². The number of carbonyl (C=O) groups excluding carboxylic acids is 1. The Kier molecular flexibility index (Phi) is 4.70. The summed E-state index contributed by atoms with van der Waals surface area (Å²) in [6, 6.07) is 3.52. The number of thioether (sulfide) groups is 1. The van der Waals surface area contributed by atoms with E-state index in [2.05, 4.69) is 20.7 Å². The molecule has 0 unspecified atom stereocenters. The Morgan fingerprint density at radius 3 is 2.83 bits per heavy atom. The highest BCUT2D eigenvalue weighted by molar-refractivity contribution is 7.99.